The molecule has 0 saturated heterocycles. The molecule has 0 aromatic carbocycles. The summed E-state index contributed by atoms with van der Waals surface area (Å²) in [4.78, 5) is 12.0. The molecule has 0 aliphatic carbocycles. The van der Waals surface area contributed by atoms with Crippen LogP contribution in [0.25, 0.3) is 0 Å². The van der Waals surface area contributed by atoms with Gasteiger partial charge in [-0.3, -0.25) is 4.79 Å². The van der Waals surface area contributed by atoms with Gasteiger partial charge in [-0.25, -0.2) is 0 Å². The minimum atomic E-state index is -1.23. The third-order valence-corrected chi connectivity index (χ3v) is 7.36. The van der Waals surface area contributed by atoms with Gasteiger partial charge < -0.3 is 8.85 Å². The lowest BCUT2D eigenvalue weighted by Crippen LogP contribution is -2.30. The van der Waals surface area contributed by atoms with Crippen LogP contribution in [0.3, 0.4) is 0 Å². The molecule has 1 atom stereocenters. The zero-order valence-electron chi connectivity index (χ0n) is 17.1. The predicted octanol–water partition coefficient (Wildman–Crippen LogP) is 6.51. The van der Waals surface area contributed by atoms with Crippen molar-refractivity contribution in [3.8, 4) is 0 Å². The van der Waals surface area contributed by atoms with Crippen molar-refractivity contribution in [3.05, 3.63) is 0 Å². The fourth-order valence-corrected chi connectivity index (χ4v) is 5.82. The first-order valence-corrected chi connectivity index (χ1v) is 12.8. The second-order valence-corrected chi connectivity index (χ2v) is 9.86. The lowest BCUT2D eigenvalue weighted by molar-refractivity contribution is -0.111. The minimum Gasteiger partial charge on any atom is -0.393 e. The standard InChI is InChI=1S/C20H41O3SSi/c1-5-9-12-14-20(21)24-18-15-19(13-8-4)25(22-16-10-6-2)23-17-11-7-3/h19H,5-18H2,1-4H3. The summed E-state index contributed by atoms with van der Waals surface area (Å²) < 4.78 is 12.3. The second-order valence-electron chi connectivity index (χ2n) is 6.67. The zero-order chi connectivity index (χ0) is 18.8. The van der Waals surface area contributed by atoms with Gasteiger partial charge in [-0.05, 0) is 32.1 Å². The molecule has 0 amide bonds. The van der Waals surface area contributed by atoms with Crippen LogP contribution < -0.4 is 0 Å². The number of carbonyl (C=O) groups excluding carboxylic acids is 1. The van der Waals surface area contributed by atoms with E-state index in [1.165, 1.54) is 18.2 Å². The Morgan fingerprint density at radius 1 is 0.840 bits per heavy atom. The molecule has 0 aliphatic rings. The van der Waals surface area contributed by atoms with Crippen LogP contribution in [0.2, 0.25) is 5.54 Å². The topological polar surface area (TPSA) is 35.5 Å². The van der Waals surface area contributed by atoms with Gasteiger partial charge >= 0.3 is 9.28 Å². The third kappa shape index (κ3) is 15.0. The van der Waals surface area contributed by atoms with Gasteiger partial charge in [0.2, 0.25) is 0 Å². The van der Waals surface area contributed by atoms with E-state index in [9.17, 15) is 4.79 Å². The summed E-state index contributed by atoms with van der Waals surface area (Å²) in [5.74, 6) is 0.915. The summed E-state index contributed by atoms with van der Waals surface area (Å²) in [7, 11) is -1.23. The Morgan fingerprint density at radius 2 is 1.44 bits per heavy atom. The van der Waals surface area contributed by atoms with Crippen molar-refractivity contribution in [2.45, 2.75) is 104 Å². The Kier molecular flexibility index (Phi) is 19.1. The van der Waals surface area contributed by atoms with E-state index < -0.39 is 9.28 Å². The fraction of sp³-hybridized carbons (Fsp3) is 0.950. The highest BCUT2D eigenvalue weighted by atomic mass is 32.2. The van der Waals surface area contributed by atoms with Crippen molar-refractivity contribution in [2.75, 3.05) is 19.0 Å². The summed E-state index contributed by atoms with van der Waals surface area (Å²) in [5, 5.41) is 0.358. The molecule has 0 aromatic rings. The highest BCUT2D eigenvalue weighted by Gasteiger charge is 2.27. The van der Waals surface area contributed by atoms with Gasteiger partial charge in [0.1, 0.15) is 0 Å². The van der Waals surface area contributed by atoms with Gasteiger partial charge in [0.15, 0.2) is 5.12 Å². The Morgan fingerprint density at radius 3 is 1.96 bits per heavy atom. The van der Waals surface area contributed by atoms with Gasteiger partial charge in [-0.15, -0.1) is 0 Å². The van der Waals surface area contributed by atoms with Crippen molar-refractivity contribution in [1.29, 1.82) is 0 Å². The molecule has 1 unspecified atom stereocenters. The fourth-order valence-electron chi connectivity index (χ4n) is 2.55. The third-order valence-electron chi connectivity index (χ3n) is 4.17. The van der Waals surface area contributed by atoms with E-state index in [-0.39, 0.29) is 0 Å². The number of hydrogen-bond donors (Lipinski definition) is 0. The lowest BCUT2D eigenvalue weighted by atomic mass is 10.2. The summed E-state index contributed by atoms with van der Waals surface area (Å²) >= 11 is 1.52. The zero-order valence-corrected chi connectivity index (χ0v) is 18.9. The van der Waals surface area contributed by atoms with Gasteiger partial charge in [-0.2, -0.15) is 0 Å². The molecule has 0 rings (SSSR count). The Hall–Kier alpha value is 0.157. The molecule has 0 spiro atoms. The van der Waals surface area contributed by atoms with Gasteiger partial charge in [0, 0.05) is 30.9 Å². The largest absolute Gasteiger partial charge is 0.393 e. The van der Waals surface area contributed by atoms with Crippen LogP contribution in [0.15, 0.2) is 0 Å². The van der Waals surface area contributed by atoms with Crippen molar-refractivity contribution in [1.82, 2.24) is 0 Å². The van der Waals surface area contributed by atoms with Crippen LogP contribution >= 0.6 is 11.8 Å². The summed E-state index contributed by atoms with van der Waals surface area (Å²) in [5.41, 5.74) is 0.500. The lowest BCUT2D eigenvalue weighted by Gasteiger charge is -2.24. The molecule has 0 aromatic heterocycles. The molecule has 149 valence electrons. The highest BCUT2D eigenvalue weighted by molar-refractivity contribution is 8.13. The molecule has 0 fully saturated rings. The monoisotopic (exact) mass is 389 g/mol. The van der Waals surface area contributed by atoms with E-state index in [2.05, 4.69) is 27.7 Å². The Labute approximate surface area is 162 Å². The van der Waals surface area contributed by atoms with Crippen LogP contribution in [0.1, 0.15) is 98.3 Å². The molecular formula is C20H41O3SSi. The van der Waals surface area contributed by atoms with E-state index in [0.717, 1.165) is 83.2 Å². The first-order valence-electron chi connectivity index (χ1n) is 10.5. The van der Waals surface area contributed by atoms with E-state index in [1.807, 2.05) is 0 Å². The van der Waals surface area contributed by atoms with E-state index in [4.69, 9.17) is 8.85 Å². The van der Waals surface area contributed by atoms with Gasteiger partial charge in [-0.1, -0.05) is 71.6 Å². The van der Waals surface area contributed by atoms with Crippen LogP contribution in [-0.2, 0) is 13.6 Å². The molecule has 5 heteroatoms. The maximum absolute atomic E-state index is 12.0. The number of hydrogen-bond acceptors (Lipinski definition) is 4. The number of unbranched alkanes of at least 4 members (excludes halogenated alkanes) is 4. The molecule has 25 heavy (non-hydrogen) atoms. The average Bonchev–Trinajstić information content (AvgIpc) is 2.60. The number of carbonyl (C=O) groups is 1. The van der Waals surface area contributed by atoms with E-state index >= 15 is 0 Å². The molecule has 0 aliphatic heterocycles. The van der Waals surface area contributed by atoms with Crippen LogP contribution in [-0.4, -0.2) is 33.4 Å². The maximum Gasteiger partial charge on any atom is 0.388 e. The number of rotatable bonds is 18. The Bertz CT molecular complexity index is 293. The van der Waals surface area contributed by atoms with Crippen molar-refractivity contribution < 1.29 is 13.6 Å². The first-order chi connectivity index (χ1) is 12.2. The summed E-state index contributed by atoms with van der Waals surface area (Å²) in [6, 6.07) is 0. The van der Waals surface area contributed by atoms with Crippen LogP contribution in [0, 0.1) is 0 Å². The smallest absolute Gasteiger partial charge is 0.388 e. The van der Waals surface area contributed by atoms with Crippen LogP contribution in [0.4, 0.5) is 0 Å². The summed E-state index contributed by atoms with van der Waals surface area (Å²) in [6.07, 6.45) is 12.0. The molecule has 0 heterocycles. The molecule has 3 nitrogen and oxygen atoms in total. The minimum absolute atomic E-state index is 0.358. The van der Waals surface area contributed by atoms with Crippen molar-refractivity contribution in [3.63, 3.8) is 0 Å². The van der Waals surface area contributed by atoms with E-state index in [0.29, 0.717) is 10.7 Å². The van der Waals surface area contributed by atoms with Crippen LogP contribution in [0.5, 0.6) is 0 Å². The first kappa shape index (κ1) is 25.2. The Balaban J connectivity index is 4.34. The molecule has 0 N–H and O–H groups in total. The molecular weight excluding hydrogens is 348 g/mol. The highest BCUT2D eigenvalue weighted by Crippen LogP contribution is 2.27. The van der Waals surface area contributed by atoms with Crippen molar-refractivity contribution >= 4 is 26.2 Å². The molecule has 0 bridgehead atoms. The maximum atomic E-state index is 12.0. The van der Waals surface area contributed by atoms with Crippen molar-refractivity contribution in [2.24, 2.45) is 0 Å². The SMILES string of the molecule is CCCCCC(=O)SCCC(CCC)[Si](OCCCC)OCCCC. The summed E-state index contributed by atoms with van der Waals surface area (Å²) in [6.45, 7) is 10.4. The molecule has 0 saturated carbocycles. The normalized spacial score (nSPS) is 12.7. The second kappa shape index (κ2) is 18.9. The quantitative estimate of drug-likeness (QED) is 0.198. The average molecular weight is 390 g/mol. The van der Waals surface area contributed by atoms with Gasteiger partial charge in [0.05, 0.1) is 0 Å². The molecule has 1 radical (unpaired) electrons. The van der Waals surface area contributed by atoms with E-state index in [1.54, 1.807) is 0 Å². The predicted molar refractivity (Wildman–Crippen MR) is 112 cm³/mol. The number of thioether (sulfide) groups is 1. The van der Waals surface area contributed by atoms with Gasteiger partial charge in [0.25, 0.3) is 0 Å².